The van der Waals surface area contributed by atoms with E-state index in [1.165, 1.54) is 17.5 Å². The Labute approximate surface area is 185 Å². The lowest BCUT2D eigenvalue weighted by Gasteiger charge is -2.21. The summed E-state index contributed by atoms with van der Waals surface area (Å²) in [6.07, 6.45) is 7.32. The van der Waals surface area contributed by atoms with Crippen molar-refractivity contribution < 1.29 is 13.2 Å². The molecule has 1 N–H and O–H groups in total. The predicted octanol–water partition coefficient (Wildman–Crippen LogP) is 4.54. The molecule has 1 aliphatic carbocycles. The summed E-state index contributed by atoms with van der Waals surface area (Å²) in [6, 6.07) is 11.2. The third-order valence-corrected chi connectivity index (χ3v) is 8.52. The first-order valence-electron chi connectivity index (χ1n) is 11.4. The number of hydrogen-bond acceptors (Lipinski definition) is 3. The first-order chi connectivity index (χ1) is 14.9. The highest BCUT2D eigenvalue weighted by atomic mass is 32.2. The number of nitrogens with one attached hydrogen (secondary N) is 1. The maximum atomic E-state index is 13.2. The molecule has 2 aromatic carbocycles. The van der Waals surface area contributed by atoms with Crippen LogP contribution in [0.1, 0.15) is 77.7 Å². The fourth-order valence-electron chi connectivity index (χ4n) is 4.66. The Morgan fingerprint density at radius 1 is 0.935 bits per heavy atom. The second-order valence-corrected chi connectivity index (χ2v) is 10.8. The Balaban J connectivity index is 1.54. The second-order valence-electron chi connectivity index (χ2n) is 8.87. The van der Waals surface area contributed by atoms with E-state index >= 15 is 0 Å². The monoisotopic (exact) mass is 440 g/mol. The average Bonchev–Trinajstić information content (AvgIpc) is 3.04. The average molecular weight is 441 g/mol. The van der Waals surface area contributed by atoms with E-state index in [-0.39, 0.29) is 16.8 Å². The molecule has 0 aromatic heterocycles. The fraction of sp³-hybridized carbons (Fsp3) is 0.480. The first kappa shape index (κ1) is 22.0. The van der Waals surface area contributed by atoms with E-state index in [1.807, 2.05) is 13.8 Å². The van der Waals surface area contributed by atoms with E-state index in [1.54, 1.807) is 22.5 Å². The van der Waals surface area contributed by atoms with Crippen LogP contribution in [0.5, 0.6) is 0 Å². The van der Waals surface area contributed by atoms with Gasteiger partial charge in [-0.25, -0.2) is 8.42 Å². The summed E-state index contributed by atoms with van der Waals surface area (Å²) in [5, 5.41) is 3.07. The minimum Gasteiger partial charge on any atom is -0.346 e. The minimum atomic E-state index is -3.59. The topological polar surface area (TPSA) is 66.5 Å². The number of sulfonamides is 1. The fourth-order valence-corrected chi connectivity index (χ4v) is 6.20. The van der Waals surface area contributed by atoms with Gasteiger partial charge in [-0.3, -0.25) is 4.79 Å². The highest BCUT2D eigenvalue weighted by Crippen LogP contribution is 2.26. The molecule has 4 rings (SSSR count). The third kappa shape index (κ3) is 4.70. The molecule has 1 atom stereocenters. The van der Waals surface area contributed by atoms with Crippen molar-refractivity contribution in [2.75, 3.05) is 13.1 Å². The number of carbonyl (C=O) groups excluding carboxylic acids is 1. The van der Waals surface area contributed by atoms with E-state index in [9.17, 15) is 13.2 Å². The zero-order valence-electron chi connectivity index (χ0n) is 18.5. The highest BCUT2D eigenvalue weighted by Gasteiger charge is 2.26. The lowest BCUT2D eigenvalue weighted by atomic mass is 10.0. The van der Waals surface area contributed by atoms with Crippen molar-refractivity contribution in [1.29, 1.82) is 0 Å². The number of amides is 1. The standard InChI is InChI=1S/C25H32N2O3S/c1-18-10-13-23(31(29,30)27-14-5-3-4-6-15-27)17-24(18)25(28)26-19(2)21-12-11-20-8-7-9-22(20)16-21/h10-13,16-17,19H,3-9,14-15H2,1-2H3,(H,26,28). The highest BCUT2D eigenvalue weighted by molar-refractivity contribution is 7.89. The van der Waals surface area contributed by atoms with Crippen molar-refractivity contribution in [3.63, 3.8) is 0 Å². The van der Waals surface area contributed by atoms with Gasteiger partial charge in [-0.15, -0.1) is 0 Å². The van der Waals surface area contributed by atoms with Gasteiger partial charge in [0.15, 0.2) is 0 Å². The van der Waals surface area contributed by atoms with Crippen molar-refractivity contribution >= 4 is 15.9 Å². The van der Waals surface area contributed by atoms with Crippen LogP contribution in [0.4, 0.5) is 0 Å². The van der Waals surface area contributed by atoms with Crippen LogP contribution in [0, 0.1) is 6.92 Å². The van der Waals surface area contributed by atoms with Crippen LogP contribution >= 0.6 is 0 Å². The largest absolute Gasteiger partial charge is 0.346 e. The molecule has 0 saturated carbocycles. The van der Waals surface area contributed by atoms with Gasteiger partial charge < -0.3 is 5.32 Å². The van der Waals surface area contributed by atoms with E-state index in [0.29, 0.717) is 18.7 Å². The summed E-state index contributed by atoms with van der Waals surface area (Å²) in [5.41, 5.74) is 5.06. The van der Waals surface area contributed by atoms with Crippen LogP contribution in [0.3, 0.4) is 0 Å². The summed E-state index contributed by atoms with van der Waals surface area (Å²) in [4.78, 5) is 13.3. The lowest BCUT2D eigenvalue weighted by Crippen LogP contribution is -2.32. The van der Waals surface area contributed by atoms with Crippen LogP contribution in [-0.4, -0.2) is 31.7 Å². The molecule has 166 valence electrons. The van der Waals surface area contributed by atoms with Crippen LogP contribution in [0.15, 0.2) is 41.3 Å². The third-order valence-electron chi connectivity index (χ3n) is 6.63. The summed E-state index contributed by atoms with van der Waals surface area (Å²) < 4.78 is 27.9. The second kappa shape index (κ2) is 9.13. The molecule has 0 bridgehead atoms. The van der Waals surface area contributed by atoms with Gasteiger partial charge in [-0.2, -0.15) is 4.31 Å². The molecule has 5 nitrogen and oxygen atoms in total. The quantitative estimate of drug-likeness (QED) is 0.742. The first-order valence-corrected chi connectivity index (χ1v) is 12.8. The van der Waals surface area contributed by atoms with Crippen molar-refractivity contribution in [3.05, 3.63) is 64.2 Å². The van der Waals surface area contributed by atoms with Gasteiger partial charge >= 0.3 is 0 Å². The molecule has 1 fully saturated rings. The minimum absolute atomic E-state index is 0.149. The maximum Gasteiger partial charge on any atom is 0.252 e. The number of rotatable bonds is 5. The number of hydrogen-bond donors (Lipinski definition) is 1. The molecule has 0 spiro atoms. The molecule has 6 heteroatoms. The number of carbonyl (C=O) groups is 1. The molecule has 1 saturated heterocycles. The molecule has 1 amide bonds. The van der Waals surface area contributed by atoms with Crippen LogP contribution < -0.4 is 5.32 Å². The van der Waals surface area contributed by atoms with E-state index in [4.69, 9.17) is 0 Å². The Morgan fingerprint density at radius 3 is 2.39 bits per heavy atom. The van der Waals surface area contributed by atoms with Crippen molar-refractivity contribution in [1.82, 2.24) is 9.62 Å². The smallest absolute Gasteiger partial charge is 0.252 e. The van der Waals surface area contributed by atoms with Crippen molar-refractivity contribution in [2.24, 2.45) is 0 Å². The molecular weight excluding hydrogens is 408 g/mol. The Bertz CT molecular complexity index is 1070. The van der Waals surface area contributed by atoms with Gasteiger partial charge in [0.1, 0.15) is 0 Å². The van der Waals surface area contributed by atoms with Crippen molar-refractivity contribution in [3.8, 4) is 0 Å². The molecule has 0 radical (unpaired) electrons. The van der Waals surface area contributed by atoms with Gasteiger partial charge in [-0.1, -0.05) is 37.1 Å². The molecule has 1 unspecified atom stereocenters. The summed E-state index contributed by atoms with van der Waals surface area (Å²) in [7, 11) is -3.59. The van der Waals surface area contributed by atoms with E-state index in [2.05, 4.69) is 23.5 Å². The van der Waals surface area contributed by atoms with Crippen molar-refractivity contribution in [2.45, 2.75) is 69.7 Å². The molecule has 31 heavy (non-hydrogen) atoms. The number of fused-ring (bicyclic) bond motifs is 1. The van der Waals surface area contributed by atoms with Gasteiger partial charge in [0, 0.05) is 18.7 Å². The van der Waals surface area contributed by atoms with Gasteiger partial charge in [-0.05, 0) is 80.3 Å². The SMILES string of the molecule is Cc1ccc(S(=O)(=O)N2CCCCCC2)cc1C(=O)NC(C)c1ccc2c(c1)CCC2. The van der Waals surface area contributed by atoms with Gasteiger partial charge in [0.05, 0.1) is 10.9 Å². The van der Waals surface area contributed by atoms with Crippen LogP contribution in [0.25, 0.3) is 0 Å². The summed E-state index contributed by atoms with van der Waals surface area (Å²) in [6.45, 7) is 4.92. The Morgan fingerprint density at radius 2 is 1.65 bits per heavy atom. The Kier molecular flexibility index (Phi) is 6.49. The molecular formula is C25H32N2O3S. The number of nitrogens with zero attached hydrogens (tertiary/aromatic N) is 1. The van der Waals surface area contributed by atoms with Gasteiger partial charge in [0.25, 0.3) is 5.91 Å². The summed E-state index contributed by atoms with van der Waals surface area (Å²) >= 11 is 0. The molecule has 2 aliphatic rings. The zero-order valence-corrected chi connectivity index (χ0v) is 19.3. The molecule has 1 heterocycles. The van der Waals surface area contributed by atoms with E-state index < -0.39 is 10.0 Å². The zero-order chi connectivity index (χ0) is 22.0. The number of benzene rings is 2. The predicted molar refractivity (Wildman–Crippen MR) is 123 cm³/mol. The Hall–Kier alpha value is -2.18. The van der Waals surface area contributed by atoms with Crippen LogP contribution in [-0.2, 0) is 22.9 Å². The molecule has 1 aliphatic heterocycles. The lowest BCUT2D eigenvalue weighted by molar-refractivity contribution is 0.0939. The normalized spacial score (nSPS) is 18.3. The molecule has 2 aromatic rings. The van der Waals surface area contributed by atoms with Gasteiger partial charge in [0.2, 0.25) is 10.0 Å². The van der Waals surface area contributed by atoms with Crippen LogP contribution in [0.2, 0.25) is 0 Å². The maximum absolute atomic E-state index is 13.2. The summed E-state index contributed by atoms with van der Waals surface area (Å²) in [5.74, 6) is -0.238. The van der Waals surface area contributed by atoms with E-state index in [0.717, 1.165) is 49.7 Å². The number of aryl methyl sites for hydroxylation is 3.